The molecule has 7 heteroatoms. The molecule has 0 radical (unpaired) electrons. The van der Waals surface area contributed by atoms with Gasteiger partial charge in [0.05, 0.1) is 26.3 Å². The first-order valence-corrected chi connectivity index (χ1v) is 9.31. The van der Waals surface area contributed by atoms with E-state index in [4.69, 9.17) is 9.47 Å². The summed E-state index contributed by atoms with van der Waals surface area (Å²) in [5.41, 5.74) is 0.304. The van der Waals surface area contributed by atoms with E-state index in [0.29, 0.717) is 24.2 Å². The maximum absolute atomic E-state index is 12.9. The molecule has 0 unspecified atom stereocenters. The third kappa shape index (κ3) is 4.23. The Morgan fingerprint density at radius 2 is 1.72 bits per heavy atom. The van der Waals surface area contributed by atoms with Crippen LogP contribution in [0, 0.1) is 0 Å². The molecular formula is C22H24N2O5. The van der Waals surface area contributed by atoms with Gasteiger partial charge >= 0.3 is 6.03 Å². The lowest BCUT2D eigenvalue weighted by atomic mass is 9.93. The van der Waals surface area contributed by atoms with Crippen molar-refractivity contribution in [3.05, 3.63) is 59.7 Å². The first-order valence-electron chi connectivity index (χ1n) is 9.31. The third-order valence-electron chi connectivity index (χ3n) is 5.13. The van der Waals surface area contributed by atoms with Crippen LogP contribution in [0.3, 0.4) is 0 Å². The van der Waals surface area contributed by atoms with E-state index in [1.807, 2.05) is 24.3 Å². The van der Waals surface area contributed by atoms with E-state index in [-0.39, 0.29) is 12.3 Å². The summed E-state index contributed by atoms with van der Waals surface area (Å²) in [5, 5.41) is 2.74. The van der Waals surface area contributed by atoms with E-state index < -0.39 is 17.5 Å². The second-order valence-electron chi connectivity index (χ2n) is 7.13. The molecule has 0 aliphatic carbocycles. The van der Waals surface area contributed by atoms with Gasteiger partial charge in [-0.15, -0.1) is 0 Å². The van der Waals surface area contributed by atoms with Crippen molar-refractivity contribution in [3.63, 3.8) is 0 Å². The van der Waals surface area contributed by atoms with Gasteiger partial charge in [-0.1, -0.05) is 24.3 Å². The summed E-state index contributed by atoms with van der Waals surface area (Å²) in [6, 6.07) is 13.7. The third-order valence-corrected chi connectivity index (χ3v) is 5.13. The number of benzene rings is 2. The van der Waals surface area contributed by atoms with Crippen LogP contribution in [0.2, 0.25) is 0 Å². The minimum Gasteiger partial charge on any atom is -0.497 e. The van der Waals surface area contributed by atoms with Crippen molar-refractivity contribution in [1.29, 1.82) is 0 Å². The Bertz CT molecular complexity index is 925. The Balaban J connectivity index is 1.68. The summed E-state index contributed by atoms with van der Waals surface area (Å²) in [5.74, 6) is 0.405. The molecule has 1 fully saturated rings. The maximum Gasteiger partial charge on any atom is 0.325 e. The predicted molar refractivity (Wildman–Crippen MR) is 107 cm³/mol. The molecule has 1 aliphatic heterocycles. The van der Waals surface area contributed by atoms with Gasteiger partial charge in [0.25, 0.3) is 5.91 Å². The van der Waals surface area contributed by atoms with Crippen LogP contribution in [0.25, 0.3) is 0 Å². The fourth-order valence-electron chi connectivity index (χ4n) is 3.35. The normalized spacial score (nSPS) is 18.5. The molecular weight excluding hydrogens is 372 g/mol. The lowest BCUT2D eigenvalue weighted by Gasteiger charge is -2.21. The van der Waals surface area contributed by atoms with Crippen molar-refractivity contribution in [2.24, 2.45) is 0 Å². The number of amides is 3. The predicted octanol–water partition coefficient (Wildman–Crippen LogP) is 2.83. The van der Waals surface area contributed by atoms with Crippen molar-refractivity contribution >= 4 is 17.7 Å². The van der Waals surface area contributed by atoms with Gasteiger partial charge in [0.2, 0.25) is 0 Å². The molecule has 2 aromatic carbocycles. The number of nitrogens with one attached hydrogen (secondary N) is 1. The van der Waals surface area contributed by atoms with Crippen molar-refractivity contribution in [2.45, 2.75) is 25.3 Å². The van der Waals surface area contributed by atoms with Gasteiger partial charge in [0.1, 0.15) is 17.0 Å². The van der Waals surface area contributed by atoms with Gasteiger partial charge in [0.15, 0.2) is 5.78 Å². The van der Waals surface area contributed by atoms with Gasteiger partial charge < -0.3 is 14.8 Å². The van der Waals surface area contributed by atoms with E-state index in [0.717, 1.165) is 16.2 Å². The molecule has 1 atom stereocenters. The van der Waals surface area contributed by atoms with E-state index in [2.05, 4.69) is 5.32 Å². The molecule has 3 amide bonds. The monoisotopic (exact) mass is 396 g/mol. The van der Waals surface area contributed by atoms with Crippen LogP contribution in [0.1, 0.15) is 29.3 Å². The van der Waals surface area contributed by atoms with Crippen molar-refractivity contribution in [1.82, 2.24) is 10.2 Å². The smallest absolute Gasteiger partial charge is 0.325 e. The molecule has 1 saturated heterocycles. The number of Topliss-reactive ketones (excluding diaryl/α,β-unsaturated/α-hetero) is 1. The number of hydrogen-bond donors (Lipinski definition) is 1. The molecule has 0 aromatic heterocycles. The van der Waals surface area contributed by atoms with Crippen LogP contribution in [0.4, 0.5) is 4.79 Å². The number of carbonyl (C=O) groups excluding carboxylic acids is 3. The lowest BCUT2D eigenvalue weighted by Crippen LogP contribution is -2.44. The molecule has 1 aliphatic rings. The van der Waals surface area contributed by atoms with Crippen molar-refractivity contribution in [3.8, 4) is 11.5 Å². The molecule has 2 aromatic rings. The molecule has 0 bridgehead atoms. The number of methoxy groups -OCH3 is 2. The number of urea groups is 1. The van der Waals surface area contributed by atoms with Gasteiger partial charge in [-0.3, -0.25) is 14.5 Å². The minimum atomic E-state index is -1.06. The summed E-state index contributed by atoms with van der Waals surface area (Å²) in [4.78, 5) is 39.0. The van der Waals surface area contributed by atoms with E-state index >= 15 is 0 Å². The van der Waals surface area contributed by atoms with E-state index in [1.54, 1.807) is 38.3 Å². The highest BCUT2D eigenvalue weighted by molar-refractivity contribution is 6.11. The molecule has 152 valence electrons. The molecule has 7 nitrogen and oxygen atoms in total. The number of rotatable bonds is 8. The topological polar surface area (TPSA) is 84.9 Å². The van der Waals surface area contributed by atoms with E-state index in [1.165, 1.54) is 7.11 Å². The van der Waals surface area contributed by atoms with Crippen LogP contribution < -0.4 is 14.8 Å². The quantitative estimate of drug-likeness (QED) is 0.548. The summed E-state index contributed by atoms with van der Waals surface area (Å²) in [6.45, 7) is 1.35. The van der Waals surface area contributed by atoms with Crippen LogP contribution >= 0.6 is 0 Å². The highest BCUT2D eigenvalue weighted by Gasteiger charge is 2.47. The number of ketones is 1. The number of ether oxygens (including phenoxy) is 2. The van der Waals surface area contributed by atoms with Gasteiger partial charge in [0, 0.05) is 0 Å². The molecule has 0 saturated carbocycles. The molecule has 29 heavy (non-hydrogen) atoms. The Hall–Kier alpha value is -3.35. The van der Waals surface area contributed by atoms with Crippen LogP contribution in [0.5, 0.6) is 11.5 Å². The first-order chi connectivity index (χ1) is 13.9. The van der Waals surface area contributed by atoms with Gasteiger partial charge in [-0.2, -0.15) is 0 Å². The molecule has 0 spiro atoms. The highest BCUT2D eigenvalue weighted by Crippen LogP contribution is 2.25. The standard InChI is InChI=1S/C22H24N2O5/c1-22(13-12-15-8-10-16(28-2)11-9-15)20(26)24(21(27)23-22)14-18(25)17-6-4-5-7-19(17)29-3/h4-11H,12-14H2,1-3H3,(H,23,27)/t22-/m0/s1. The Labute approximate surface area is 169 Å². The fourth-order valence-corrected chi connectivity index (χ4v) is 3.35. The number of hydrogen-bond acceptors (Lipinski definition) is 5. The molecule has 1 heterocycles. The van der Waals surface area contributed by atoms with Crippen LogP contribution in [-0.2, 0) is 11.2 Å². The number of para-hydroxylation sites is 1. The zero-order chi connectivity index (χ0) is 21.0. The summed E-state index contributed by atoms with van der Waals surface area (Å²) in [7, 11) is 3.07. The summed E-state index contributed by atoms with van der Waals surface area (Å²) < 4.78 is 10.3. The second-order valence-corrected chi connectivity index (χ2v) is 7.13. The number of carbonyl (C=O) groups is 3. The Morgan fingerprint density at radius 3 is 2.38 bits per heavy atom. The van der Waals surface area contributed by atoms with Crippen LogP contribution in [0.15, 0.2) is 48.5 Å². The Kier molecular flexibility index (Phi) is 5.87. The van der Waals surface area contributed by atoms with Crippen LogP contribution in [-0.4, -0.2) is 48.9 Å². The van der Waals surface area contributed by atoms with Gasteiger partial charge in [-0.25, -0.2) is 4.79 Å². The average molecular weight is 396 g/mol. The highest BCUT2D eigenvalue weighted by atomic mass is 16.5. The van der Waals surface area contributed by atoms with E-state index in [9.17, 15) is 14.4 Å². The Morgan fingerprint density at radius 1 is 1.03 bits per heavy atom. The number of nitrogens with zero attached hydrogens (tertiary/aromatic N) is 1. The van der Waals surface area contributed by atoms with Crippen molar-refractivity contribution in [2.75, 3.05) is 20.8 Å². The maximum atomic E-state index is 12.9. The summed E-state index contributed by atoms with van der Waals surface area (Å²) in [6.07, 6.45) is 1.02. The summed E-state index contributed by atoms with van der Waals surface area (Å²) >= 11 is 0. The fraction of sp³-hybridized carbons (Fsp3) is 0.318. The SMILES string of the molecule is COc1ccc(CC[C@]2(C)NC(=O)N(CC(=O)c3ccccc3OC)C2=O)cc1. The second kappa shape index (κ2) is 8.34. The molecule has 1 N–H and O–H groups in total. The number of imide groups is 1. The van der Waals surface area contributed by atoms with Crippen molar-refractivity contribution < 1.29 is 23.9 Å². The minimum absolute atomic E-state index is 0.330. The number of aryl methyl sites for hydroxylation is 1. The zero-order valence-corrected chi connectivity index (χ0v) is 16.7. The average Bonchev–Trinajstić information content (AvgIpc) is 2.95. The largest absolute Gasteiger partial charge is 0.497 e. The van der Waals surface area contributed by atoms with Gasteiger partial charge in [-0.05, 0) is 49.6 Å². The lowest BCUT2D eigenvalue weighted by molar-refractivity contribution is -0.130. The first kappa shape index (κ1) is 20.4. The molecule has 3 rings (SSSR count). The zero-order valence-electron chi connectivity index (χ0n) is 16.7.